The SMILES string of the molecule is CC(C)(C)OC(=O)CN[C@H]1CCCNC1. The molecule has 2 N–H and O–H groups in total. The largest absolute Gasteiger partial charge is 0.459 e. The van der Waals surface area contributed by atoms with Crippen molar-refractivity contribution in [3.05, 3.63) is 0 Å². The van der Waals surface area contributed by atoms with Crippen molar-refractivity contribution >= 4 is 5.97 Å². The predicted molar refractivity (Wildman–Crippen MR) is 59.7 cm³/mol. The van der Waals surface area contributed by atoms with Crippen LogP contribution in [0.2, 0.25) is 0 Å². The second-order valence-electron chi connectivity index (χ2n) is 5.01. The summed E-state index contributed by atoms with van der Waals surface area (Å²) in [6.45, 7) is 7.99. The molecule has 1 aliphatic heterocycles. The maximum Gasteiger partial charge on any atom is 0.320 e. The van der Waals surface area contributed by atoms with Gasteiger partial charge in [-0.1, -0.05) is 0 Å². The van der Waals surface area contributed by atoms with E-state index in [-0.39, 0.29) is 11.6 Å². The van der Waals surface area contributed by atoms with Gasteiger partial charge in [0.25, 0.3) is 0 Å². The molecule has 1 rings (SSSR count). The van der Waals surface area contributed by atoms with E-state index in [2.05, 4.69) is 10.6 Å². The van der Waals surface area contributed by atoms with E-state index in [9.17, 15) is 4.79 Å². The van der Waals surface area contributed by atoms with Crippen LogP contribution in [-0.4, -0.2) is 37.2 Å². The third-order valence-electron chi connectivity index (χ3n) is 2.25. The van der Waals surface area contributed by atoms with Crippen LogP contribution in [-0.2, 0) is 9.53 Å². The molecular formula is C11H22N2O2. The van der Waals surface area contributed by atoms with Crippen molar-refractivity contribution in [1.82, 2.24) is 10.6 Å². The highest BCUT2D eigenvalue weighted by Crippen LogP contribution is 2.07. The second kappa shape index (κ2) is 5.47. The Balaban J connectivity index is 2.15. The van der Waals surface area contributed by atoms with Gasteiger partial charge < -0.3 is 15.4 Å². The van der Waals surface area contributed by atoms with Crippen LogP contribution in [0.4, 0.5) is 0 Å². The molecule has 1 saturated heterocycles. The topological polar surface area (TPSA) is 50.4 Å². The van der Waals surface area contributed by atoms with Crippen molar-refractivity contribution in [3.63, 3.8) is 0 Å². The standard InChI is InChI=1S/C11H22N2O2/c1-11(2,3)15-10(14)8-13-9-5-4-6-12-7-9/h9,12-13H,4-8H2,1-3H3/t9-/m0/s1. The van der Waals surface area contributed by atoms with Crippen molar-refractivity contribution in [2.24, 2.45) is 0 Å². The van der Waals surface area contributed by atoms with E-state index in [1.54, 1.807) is 0 Å². The molecule has 4 nitrogen and oxygen atoms in total. The van der Waals surface area contributed by atoms with E-state index in [4.69, 9.17) is 4.74 Å². The Morgan fingerprint density at radius 3 is 2.80 bits per heavy atom. The fraction of sp³-hybridized carbons (Fsp3) is 0.909. The van der Waals surface area contributed by atoms with Crippen molar-refractivity contribution in [1.29, 1.82) is 0 Å². The molecular weight excluding hydrogens is 192 g/mol. The number of piperidine rings is 1. The zero-order valence-electron chi connectivity index (χ0n) is 9.93. The highest BCUT2D eigenvalue weighted by Gasteiger charge is 2.18. The van der Waals surface area contributed by atoms with Crippen molar-refractivity contribution in [2.75, 3.05) is 19.6 Å². The summed E-state index contributed by atoms with van der Waals surface area (Å²) in [5.74, 6) is -0.173. The van der Waals surface area contributed by atoms with Crippen LogP contribution in [0.3, 0.4) is 0 Å². The van der Waals surface area contributed by atoms with E-state index in [1.165, 1.54) is 6.42 Å². The van der Waals surface area contributed by atoms with E-state index in [1.807, 2.05) is 20.8 Å². The van der Waals surface area contributed by atoms with Crippen LogP contribution in [0.25, 0.3) is 0 Å². The first-order chi connectivity index (χ1) is 6.97. The van der Waals surface area contributed by atoms with E-state index >= 15 is 0 Å². The first-order valence-corrected chi connectivity index (χ1v) is 5.63. The number of ether oxygens (including phenoxy) is 1. The van der Waals surface area contributed by atoms with Gasteiger partial charge in [0.05, 0.1) is 6.54 Å². The summed E-state index contributed by atoms with van der Waals surface area (Å²) in [5.41, 5.74) is -0.385. The molecule has 0 aromatic carbocycles. The Morgan fingerprint density at radius 2 is 2.27 bits per heavy atom. The van der Waals surface area contributed by atoms with Crippen LogP contribution in [0.1, 0.15) is 33.6 Å². The molecule has 0 saturated carbocycles. The molecule has 15 heavy (non-hydrogen) atoms. The van der Waals surface area contributed by atoms with Crippen molar-refractivity contribution < 1.29 is 9.53 Å². The lowest BCUT2D eigenvalue weighted by molar-refractivity contribution is -0.153. The maximum absolute atomic E-state index is 11.4. The van der Waals surface area contributed by atoms with Crippen LogP contribution in [0.15, 0.2) is 0 Å². The maximum atomic E-state index is 11.4. The molecule has 0 bridgehead atoms. The molecule has 1 heterocycles. The first-order valence-electron chi connectivity index (χ1n) is 5.63. The van der Waals surface area contributed by atoms with Crippen molar-refractivity contribution in [3.8, 4) is 0 Å². The van der Waals surface area contributed by atoms with Crippen molar-refractivity contribution in [2.45, 2.75) is 45.3 Å². The Bertz CT molecular complexity index is 205. The van der Waals surface area contributed by atoms with Gasteiger partial charge >= 0.3 is 5.97 Å². The van der Waals surface area contributed by atoms with Gasteiger partial charge in [0, 0.05) is 12.6 Å². The van der Waals surface area contributed by atoms with Gasteiger partial charge in [-0.3, -0.25) is 4.79 Å². The zero-order valence-corrected chi connectivity index (χ0v) is 9.93. The fourth-order valence-electron chi connectivity index (χ4n) is 1.63. The summed E-state index contributed by atoms with van der Waals surface area (Å²) in [5, 5.41) is 6.50. The molecule has 0 aromatic rings. The molecule has 4 heteroatoms. The number of hydrogen-bond donors (Lipinski definition) is 2. The number of carbonyl (C=O) groups is 1. The van der Waals surface area contributed by atoms with Crippen LogP contribution in [0.5, 0.6) is 0 Å². The molecule has 0 aliphatic carbocycles. The van der Waals surface area contributed by atoms with Gasteiger partial charge in [-0.25, -0.2) is 0 Å². The smallest absolute Gasteiger partial charge is 0.320 e. The third-order valence-corrected chi connectivity index (χ3v) is 2.25. The molecule has 0 radical (unpaired) electrons. The van der Waals surface area contributed by atoms with Gasteiger partial charge in [-0.15, -0.1) is 0 Å². The number of esters is 1. The average molecular weight is 214 g/mol. The Hall–Kier alpha value is -0.610. The number of rotatable bonds is 3. The van der Waals surface area contributed by atoms with Crippen LogP contribution in [0, 0.1) is 0 Å². The Morgan fingerprint density at radius 1 is 1.53 bits per heavy atom. The Labute approximate surface area is 91.8 Å². The number of hydrogen-bond acceptors (Lipinski definition) is 4. The van der Waals surface area contributed by atoms with Gasteiger partial charge in [-0.2, -0.15) is 0 Å². The lowest BCUT2D eigenvalue weighted by Crippen LogP contribution is -2.45. The quantitative estimate of drug-likeness (QED) is 0.678. The third kappa shape index (κ3) is 5.74. The minimum absolute atomic E-state index is 0.173. The lowest BCUT2D eigenvalue weighted by Gasteiger charge is -2.25. The van der Waals surface area contributed by atoms with Gasteiger partial charge in [0.1, 0.15) is 5.60 Å². The Kier molecular flexibility index (Phi) is 4.54. The van der Waals surface area contributed by atoms with E-state index in [0.717, 1.165) is 19.5 Å². The van der Waals surface area contributed by atoms with Crippen LogP contribution < -0.4 is 10.6 Å². The van der Waals surface area contributed by atoms with E-state index < -0.39 is 0 Å². The molecule has 88 valence electrons. The summed E-state index contributed by atoms with van der Waals surface area (Å²) in [4.78, 5) is 11.4. The molecule has 1 fully saturated rings. The summed E-state index contributed by atoms with van der Waals surface area (Å²) in [6, 6.07) is 0.409. The minimum Gasteiger partial charge on any atom is -0.459 e. The number of nitrogens with one attached hydrogen (secondary N) is 2. The summed E-state index contributed by atoms with van der Waals surface area (Å²) < 4.78 is 5.21. The highest BCUT2D eigenvalue weighted by atomic mass is 16.6. The normalized spacial score (nSPS) is 22.5. The molecule has 1 atom stereocenters. The van der Waals surface area contributed by atoms with Crippen LogP contribution >= 0.6 is 0 Å². The summed E-state index contributed by atoms with van der Waals surface area (Å²) >= 11 is 0. The monoisotopic (exact) mass is 214 g/mol. The van der Waals surface area contributed by atoms with Gasteiger partial charge in [-0.05, 0) is 40.2 Å². The fourth-order valence-corrected chi connectivity index (χ4v) is 1.63. The van der Waals surface area contributed by atoms with Gasteiger partial charge in [0.2, 0.25) is 0 Å². The summed E-state index contributed by atoms with van der Waals surface area (Å²) in [7, 11) is 0. The summed E-state index contributed by atoms with van der Waals surface area (Å²) in [6.07, 6.45) is 2.31. The zero-order chi connectivity index (χ0) is 11.3. The first kappa shape index (κ1) is 12.5. The van der Waals surface area contributed by atoms with Gasteiger partial charge in [0.15, 0.2) is 0 Å². The predicted octanol–water partition coefficient (Wildman–Crippen LogP) is 0.670. The minimum atomic E-state index is -0.385. The second-order valence-corrected chi connectivity index (χ2v) is 5.01. The highest BCUT2D eigenvalue weighted by molar-refractivity contribution is 5.72. The molecule has 1 aliphatic rings. The molecule has 0 unspecified atom stereocenters. The molecule has 0 spiro atoms. The average Bonchev–Trinajstić information content (AvgIpc) is 2.14. The number of carbonyl (C=O) groups excluding carboxylic acids is 1. The molecule has 0 aromatic heterocycles. The molecule has 0 amide bonds. The lowest BCUT2D eigenvalue weighted by atomic mass is 10.1. The van der Waals surface area contributed by atoms with E-state index in [0.29, 0.717) is 12.6 Å².